The van der Waals surface area contributed by atoms with Crippen molar-refractivity contribution in [1.82, 2.24) is 10.2 Å². The zero-order valence-corrected chi connectivity index (χ0v) is 10.8. The van der Waals surface area contributed by atoms with Crippen LogP contribution in [-0.2, 0) is 4.74 Å². The Morgan fingerprint density at radius 3 is 2.71 bits per heavy atom. The van der Waals surface area contributed by atoms with E-state index in [0.29, 0.717) is 12.6 Å². The average molecular weight is 240 g/mol. The molecular formula is C13H24N2O2. The molecule has 0 bridgehead atoms. The first-order valence-corrected chi connectivity index (χ1v) is 6.91. The summed E-state index contributed by atoms with van der Waals surface area (Å²) < 4.78 is 5.38. The molecule has 2 saturated heterocycles. The molecule has 0 aromatic carbocycles. The Bertz CT molecular complexity index is 244. The second-order valence-electron chi connectivity index (χ2n) is 5.39. The predicted octanol–water partition coefficient (Wildman–Crippen LogP) is 2.00. The fourth-order valence-electron chi connectivity index (χ4n) is 2.52. The lowest BCUT2D eigenvalue weighted by atomic mass is 10.00. The molecule has 2 aliphatic rings. The van der Waals surface area contributed by atoms with Gasteiger partial charge in [0.25, 0.3) is 0 Å². The SMILES string of the molecule is CC1CCN(C(=O)OC[C@@H]2CCCCN2)CC1. The first-order valence-electron chi connectivity index (χ1n) is 6.91. The van der Waals surface area contributed by atoms with Crippen molar-refractivity contribution in [2.75, 3.05) is 26.2 Å². The summed E-state index contributed by atoms with van der Waals surface area (Å²) in [5, 5.41) is 3.39. The molecule has 0 aromatic heterocycles. The first kappa shape index (κ1) is 12.7. The third-order valence-corrected chi connectivity index (χ3v) is 3.86. The van der Waals surface area contributed by atoms with E-state index >= 15 is 0 Å². The summed E-state index contributed by atoms with van der Waals surface area (Å²) in [6.07, 6.45) is 5.72. The maximum atomic E-state index is 11.8. The van der Waals surface area contributed by atoms with Gasteiger partial charge in [0, 0.05) is 19.1 Å². The van der Waals surface area contributed by atoms with Crippen molar-refractivity contribution in [2.24, 2.45) is 5.92 Å². The van der Waals surface area contributed by atoms with Gasteiger partial charge >= 0.3 is 6.09 Å². The molecule has 1 atom stereocenters. The molecule has 2 rings (SSSR count). The van der Waals surface area contributed by atoms with Crippen molar-refractivity contribution < 1.29 is 9.53 Å². The monoisotopic (exact) mass is 240 g/mol. The standard InChI is InChI=1S/C13H24N2O2/c1-11-5-8-15(9-6-11)13(16)17-10-12-4-2-3-7-14-12/h11-12,14H,2-10H2,1H3/t12-/m0/s1. The number of hydrogen-bond acceptors (Lipinski definition) is 3. The van der Waals surface area contributed by atoms with Crippen molar-refractivity contribution >= 4 is 6.09 Å². The summed E-state index contributed by atoms with van der Waals surface area (Å²) >= 11 is 0. The molecular weight excluding hydrogens is 216 g/mol. The molecule has 0 aromatic rings. The van der Waals surface area contributed by atoms with E-state index in [1.54, 1.807) is 0 Å². The van der Waals surface area contributed by atoms with Crippen LogP contribution in [0.25, 0.3) is 0 Å². The smallest absolute Gasteiger partial charge is 0.409 e. The molecule has 0 radical (unpaired) electrons. The van der Waals surface area contributed by atoms with Gasteiger partial charge in [0.1, 0.15) is 6.61 Å². The Hall–Kier alpha value is -0.770. The number of amides is 1. The van der Waals surface area contributed by atoms with Gasteiger partial charge in [-0.2, -0.15) is 0 Å². The number of carbonyl (C=O) groups excluding carboxylic acids is 1. The van der Waals surface area contributed by atoms with Gasteiger partial charge in [0.15, 0.2) is 0 Å². The molecule has 4 heteroatoms. The van der Waals surface area contributed by atoms with Gasteiger partial charge in [-0.1, -0.05) is 13.3 Å². The van der Waals surface area contributed by atoms with Crippen molar-refractivity contribution in [3.05, 3.63) is 0 Å². The fraction of sp³-hybridized carbons (Fsp3) is 0.923. The second-order valence-corrected chi connectivity index (χ2v) is 5.39. The van der Waals surface area contributed by atoms with Crippen molar-refractivity contribution in [1.29, 1.82) is 0 Å². The lowest BCUT2D eigenvalue weighted by Gasteiger charge is -2.30. The van der Waals surface area contributed by atoms with Crippen LogP contribution in [0.2, 0.25) is 0 Å². The molecule has 0 unspecified atom stereocenters. The van der Waals surface area contributed by atoms with Crippen molar-refractivity contribution in [2.45, 2.75) is 45.1 Å². The van der Waals surface area contributed by atoms with Crippen LogP contribution >= 0.6 is 0 Å². The van der Waals surface area contributed by atoms with Crippen LogP contribution in [0.5, 0.6) is 0 Å². The maximum absolute atomic E-state index is 11.8. The zero-order valence-electron chi connectivity index (χ0n) is 10.8. The Morgan fingerprint density at radius 2 is 2.06 bits per heavy atom. The highest BCUT2D eigenvalue weighted by molar-refractivity contribution is 5.67. The average Bonchev–Trinajstić information content (AvgIpc) is 2.38. The van der Waals surface area contributed by atoms with Gasteiger partial charge in [-0.05, 0) is 38.1 Å². The summed E-state index contributed by atoms with van der Waals surface area (Å²) in [6.45, 7) is 5.55. The molecule has 0 saturated carbocycles. The van der Waals surface area contributed by atoms with Gasteiger partial charge in [-0.15, -0.1) is 0 Å². The van der Waals surface area contributed by atoms with Gasteiger partial charge in [-0.3, -0.25) is 0 Å². The van der Waals surface area contributed by atoms with Crippen LogP contribution in [0.15, 0.2) is 0 Å². The van der Waals surface area contributed by atoms with Gasteiger partial charge in [-0.25, -0.2) is 4.79 Å². The topological polar surface area (TPSA) is 41.6 Å². The highest BCUT2D eigenvalue weighted by atomic mass is 16.6. The summed E-state index contributed by atoms with van der Waals surface area (Å²) in [5.41, 5.74) is 0. The minimum Gasteiger partial charge on any atom is -0.448 e. The quantitative estimate of drug-likeness (QED) is 0.802. The van der Waals surface area contributed by atoms with Crippen LogP contribution < -0.4 is 5.32 Å². The number of piperidine rings is 2. The van der Waals surface area contributed by atoms with Crippen LogP contribution in [0.4, 0.5) is 4.79 Å². The van der Waals surface area contributed by atoms with E-state index in [-0.39, 0.29) is 6.09 Å². The molecule has 0 spiro atoms. The molecule has 0 aliphatic carbocycles. The highest BCUT2D eigenvalue weighted by Crippen LogP contribution is 2.16. The van der Waals surface area contributed by atoms with E-state index in [2.05, 4.69) is 12.2 Å². The van der Waals surface area contributed by atoms with Crippen molar-refractivity contribution in [3.8, 4) is 0 Å². The van der Waals surface area contributed by atoms with Crippen molar-refractivity contribution in [3.63, 3.8) is 0 Å². The van der Waals surface area contributed by atoms with E-state index in [1.165, 1.54) is 12.8 Å². The number of likely N-dealkylation sites (tertiary alicyclic amines) is 1. The molecule has 2 fully saturated rings. The molecule has 1 amide bonds. The molecule has 98 valence electrons. The Morgan fingerprint density at radius 1 is 1.29 bits per heavy atom. The number of rotatable bonds is 2. The van der Waals surface area contributed by atoms with Gasteiger partial charge < -0.3 is 15.0 Å². The minimum absolute atomic E-state index is 0.121. The summed E-state index contributed by atoms with van der Waals surface area (Å²) in [5.74, 6) is 0.749. The maximum Gasteiger partial charge on any atom is 0.409 e. The summed E-state index contributed by atoms with van der Waals surface area (Å²) in [6, 6.07) is 0.372. The Kier molecular flexibility index (Phi) is 4.66. The summed E-state index contributed by atoms with van der Waals surface area (Å²) in [7, 11) is 0. The Labute approximate surface area is 104 Å². The van der Waals surface area contributed by atoms with E-state index in [9.17, 15) is 4.79 Å². The molecule has 1 N–H and O–H groups in total. The normalized spacial score (nSPS) is 26.9. The van der Waals surface area contributed by atoms with Crippen LogP contribution in [0, 0.1) is 5.92 Å². The van der Waals surface area contributed by atoms with E-state index in [4.69, 9.17) is 4.74 Å². The molecule has 2 heterocycles. The highest BCUT2D eigenvalue weighted by Gasteiger charge is 2.22. The number of nitrogens with zero attached hydrogens (tertiary/aromatic N) is 1. The second kappa shape index (κ2) is 6.24. The Balaban J connectivity index is 1.66. The number of carbonyl (C=O) groups is 1. The van der Waals surface area contributed by atoms with Crippen LogP contribution in [0.3, 0.4) is 0 Å². The van der Waals surface area contributed by atoms with E-state index in [1.807, 2.05) is 4.90 Å². The molecule has 4 nitrogen and oxygen atoms in total. The largest absolute Gasteiger partial charge is 0.448 e. The fourth-order valence-corrected chi connectivity index (χ4v) is 2.52. The van der Waals surface area contributed by atoms with Crippen LogP contribution in [0.1, 0.15) is 39.0 Å². The zero-order chi connectivity index (χ0) is 12.1. The van der Waals surface area contributed by atoms with Crippen LogP contribution in [-0.4, -0.2) is 43.3 Å². The minimum atomic E-state index is -0.121. The lowest BCUT2D eigenvalue weighted by Crippen LogP contribution is -2.42. The van der Waals surface area contributed by atoms with E-state index in [0.717, 1.165) is 44.8 Å². The number of ether oxygens (including phenoxy) is 1. The van der Waals surface area contributed by atoms with E-state index < -0.39 is 0 Å². The number of nitrogens with one attached hydrogen (secondary N) is 1. The van der Waals surface area contributed by atoms with Gasteiger partial charge in [0.05, 0.1) is 0 Å². The molecule has 2 aliphatic heterocycles. The van der Waals surface area contributed by atoms with Gasteiger partial charge in [0.2, 0.25) is 0 Å². The first-order chi connectivity index (χ1) is 8.25. The summed E-state index contributed by atoms with van der Waals surface area (Å²) in [4.78, 5) is 13.7. The number of hydrogen-bond donors (Lipinski definition) is 1. The predicted molar refractivity (Wildman–Crippen MR) is 67.0 cm³/mol. The lowest BCUT2D eigenvalue weighted by molar-refractivity contribution is 0.0782. The molecule has 17 heavy (non-hydrogen) atoms. The third kappa shape index (κ3) is 3.87. The third-order valence-electron chi connectivity index (χ3n) is 3.86.